The van der Waals surface area contributed by atoms with Crippen LogP contribution in [0.5, 0.6) is 0 Å². The van der Waals surface area contributed by atoms with Gasteiger partial charge in [0.2, 0.25) is 0 Å². The van der Waals surface area contributed by atoms with Gasteiger partial charge in [0.25, 0.3) is 0 Å². The first-order chi connectivity index (χ1) is 11.2. The van der Waals surface area contributed by atoms with Crippen LogP contribution in [0.4, 0.5) is 8.78 Å². The molecule has 0 atom stereocenters. The van der Waals surface area contributed by atoms with Gasteiger partial charge in [-0.3, -0.25) is 4.79 Å². The normalized spacial score (nSPS) is 14.0. The first kappa shape index (κ1) is 15.3. The lowest BCUT2D eigenvalue weighted by atomic mass is 9.90. The summed E-state index contributed by atoms with van der Waals surface area (Å²) >= 11 is 0. The van der Waals surface area contributed by atoms with E-state index < -0.39 is 0 Å². The number of carbonyl (C=O) groups excluding carboxylic acids is 1. The van der Waals surface area contributed by atoms with Crippen LogP contribution in [0, 0.1) is 17.6 Å². The number of halogens is 2. The maximum atomic E-state index is 13.3. The zero-order valence-electron chi connectivity index (χ0n) is 12.5. The molecule has 23 heavy (non-hydrogen) atoms. The van der Waals surface area contributed by atoms with Crippen molar-refractivity contribution in [3.8, 4) is 0 Å². The van der Waals surface area contributed by atoms with Crippen molar-refractivity contribution >= 4 is 11.9 Å². The molecule has 3 rings (SSSR count). The summed E-state index contributed by atoms with van der Waals surface area (Å²) in [4.78, 5) is 10.7. The third-order valence-electron chi connectivity index (χ3n) is 3.93. The SMILES string of the molecule is O=CC=CC(=C(c1ccc(F)cc1)c1ccc(F)cc1)C1CC1. The van der Waals surface area contributed by atoms with Crippen LogP contribution in [0.2, 0.25) is 0 Å². The number of hydrogen-bond donors (Lipinski definition) is 0. The van der Waals surface area contributed by atoms with E-state index in [-0.39, 0.29) is 11.6 Å². The van der Waals surface area contributed by atoms with E-state index in [2.05, 4.69) is 0 Å². The third kappa shape index (κ3) is 3.62. The Kier molecular flexibility index (Phi) is 4.47. The number of benzene rings is 2. The molecule has 1 aliphatic rings. The number of hydrogen-bond acceptors (Lipinski definition) is 1. The van der Waals surface area contributed by atoms with E-state index in [0.717, 1.165) is 41.4 Å². The number of rotatable bonds is 5. The first-order valence-electron chi connectivity index (χ1n) is 7.57. The van der Waals surface area contributed by atoms with Crippen molar-refractivity contribution in [2.24, 2.45) is 5.92 Å². The molecule has 0 bridgehead atoms. The molecule has 2 aromatic carbocycles. The van der Waals surface area contributed by atoms with Crippen LogP contribution in [-0.4, -0.2) is 6.29 Å². The van der Waals surface area contributed by atoms with Gasteiger partial charge in [0.05, 0.1) is 0 Å². The highest BCUT2D eigenvalue weighted by atomic mass is 19.1. The molecule has 0 saturated heterocycles. The molecule has 0 amide bonds. The van der Waals surface area contributed by atoms with Crippen molar-refractivity contribution in [1.29, 1.82) is 0 Å². The van der Waals surface area contributed by atoms with E-state index in [9.17, 15) is 13.6 Å². The minimum atomic E-state index is -0.302. The van der Waals surface area contributed by atoms with E-state index in [4.69, 9.17) is 0 Å². The second-order valence-corrected chi connectivity index (χ2v) is 5.61. The Morgan fingerprint density at radius 3 is 1.74 bits per heavy atom. The van der Waals surface area contributed by atoms with Crippen LogP contribution in [0.1, 0.15) is 24.0 Å². The standard InChI is InChI=1S/C20H16F2O/c21-17-9-5-15(6-10-17)20(16-7-11-18(22)12-8-16)19(2-1-13-23)14-3-4-14/h1-2,5-14H,3-4H2. The quantitative estimate of drug-likeness (QED) is 0.435. The van der Waals surface area contributed by atoms with Gasteiger partial charge in [0.15, 0.2) is 0 Å². The van der Waals surface area contributed by atoms with E-state index in [1.54, 1.807) is 24.3 Å². The first-order valence-corrected chi connectivity index (χ1v) is 7.57. The van der Waals surface area contributed by atoms with E-state index in [0.29, 0.717) is 5.92 Å². The molecule has 0 radical (unpaired) electrons. The van der Waals surface area contributed by atoms with Crippen LogP contribution in [0.3, 0.4) is 0 Å². The van der Waals surface area contributed by atoms with Gasteiger partial charge in [0, 0.05) is 0 Å². The van der Waals surface area contributed by atoms with Gasteiger partial charge in [-0.25, -0.2) is 8.78 Å². The van der Waals surface area contributed by atoms with Gasteiger partial charge in [-0.05, 0) is 71.4 Å². The lowest BCUT2D eigenvalue weighted by Crippen LogP contribution is -1.96. The molecule has 0 N–H and O–H groups in total. The Balaban J connectivity index is 2.19. The van der Waals surface area contributed by atoms with E-state index >= 15 is 0 Å². The summed E-state index contributed by atoms with van der Waals surface area (Å²) in [6, 6.07) is 12.5. The summed E-state index contributed by atoms with van der Waals surface area (Å²) in [7, 11) is 0. The fourth-order valence-corrected chi connectivity index (χ4v) is 2.69. The van der Waals surface area contributed by atoms with E-state index in [1.165, 1.54) is 30.3 Å². The molecular weight excluding hydrogens is 294 g/mol. The van der Waals surface area contributed by atoms with Crippen molar-refractivity contribution in [2.45, 2.75) is 12.8 Å². The Bertz CT molecular complexity index is 704. The highest BCUT2D eigenvalue weighted by molar-refractivity contribution is 5.85. The maximum Gasteiger partial charge on any atom is 0.142 e. The Morgan fingerprint density at radius 2 is 1.35 bits per heavy atom. The van der Waals surface area contributed by atoms with Crippen molar-refractivity contribution in [3.63, 3.8) is 0 Å². The minimum absolute atomic E-state index is 0.302. The summed E-state index contributed by atoms with van der Waals surface area (Å²) < 4.78 is 26.5. The van der Waals surface area contributed by atoms with Crippen molar-refractivity contribution in [3.05, 3.63) is 89.0 Å². The Hall–Kier alpha value is -2.55. The molecule has 1 nitrogen and oxygen atoms in total. The molecular formula is C20H16F2O. The summed E-state index contributed by atoms with van der Waals surface area (Å²) in [6.07, 6.45) is 6.15. The number of aldehydes is 1. The van der Waals surface area contributed by atoms with Crippen molar-refractivity contribution in [2.75, 3.05) is 0 Å². The average molecular weight is 310 g/mol. The smallest absolute Gasteiger partial charge is 0.142 e. The highest BCUT2D eigenvalue weighted by Gasteiger charge is 2.28. The van der Waals surface area contributed by atoms with Gasteiger partial charge in [0.1, 0.15) is 17.9 Å². The molecule has 0 aromatic heterocycles. The second kappa shape index (κ2) is 6.69. The average Bonchev–Trinajstić information content (AvgIpc) is 3.39. The lowest BCUT2D eigenvalue weighted by molar-refractivity contribution is -0.104. The molecule has 116 valence electrons. The Morgan fingerprint density at radius 1 is 0.870 bits per heavy atom. The lowest BCUT2D eigenvalue weighted by Gasteiger charge is -2.14. The maximum absolute atomic E-state index is 13.3. The van der Waals surface area contributed by atoms with Crippen LogP contribution in [-0.2, 0) is 4.79 Å². The van der Waals surface area contributed by atoms with Gasteiger partial charge >= 0.3 is 0 Å². The van der Waals surface area contributed by atoms with Gasteiger partial charge < -0.3 is 0 Å². The van der Waals surface area contributed by atoms with E-state index in [1.807, 2.05) is 6.08 Å². The molecule has 0 heterocycles. The van der Waals surface area contributed by atoms with Gasteiger partial charge in [-0.1, -0.05) is 30.3 Å². The largest absolute Gasteiger partial charge is 0.299 e. The van der Waals surface area contributed by atoms with Crippen LogP contribution < -0.4 is 0 Å². The highest BCUT2D eigenvalue weighted by Crippen LogP contribution is 2.43. The predicted molar refractivity (Wildman–Crippen MR) is 86.8 cm³/mol. The number of allylic oxidation sites excluding steroid dienone is 3. The summed E-state index contributed by atoms with van der Waals surface area (Å²) in [5.74, 6) is -0.219. The Labute approximate surface area is 134 Å². The monoisotopic (exact) mass is 310 g/mol. The molecule has 0 aliphatic heterocycles. The molecule has 1 fully saturated rings. The summed E-state index contributed by atoms with van der Waals surface area (Å²) in [5.41, 5.74) is 3.67. The molecule has 2 aromatic rings. The predicted octanol–water partition coefficient (Wildman–Crippen LogP) is 4.93. The van der Waals surface area contributed by atoms with Crippen molar-refractivity contribution < 1.29 is 13.6 Å². The zero-order valence-corrected chi connectivity index (χ0v) is 12.5. The fourth-order valence-electron chi connectivity index (χ4n) is 2.69. The third-order valence-corrected chi connectivity index (χ3v) is 3.93. The molecule has 3 heteroatoms. The zero-order chi connectivity index (χ0) is 16.2. The summed E-state index contributed by atoms with van der Waals surface area (Å²) in [6.45, 7) is 0. The van der Waals surface area contributed by atoms with Gasteiger partial charge in [-0.2, -0.15) is 0 Å². The second-order valence-electron chi connectivity index (χ2n) is 5.61. The number of carbonyl (C=O) groups is 1. The van der Waals surface area contributed by atoms with Crippen LogP contribution in [0.15, 0.2) is 66.3 Å². The molecule has 1 aliphatic carbocycles. The van der Waals surface area contributed by atoms with Crippen molar-refractivity contribution in [1.82, 2.24) is 0 Å². The topological polar surface area (TPSA) is 17.1 Å². The van der Waals surface area contributed by atoms with Crippen LogP contribution >= 0.6 is 0 Å². The minimum Gasteiger partial charge on any atom is -0.299 e. The molecule has 0 unspecified atom stereocenters. The molecule has 1 saturated carbocycles. The summed E-state index contributed by atoms with van der Waals surface area (Å²) in [5, 5.41) is 0. The van der Waals surface area contributed by atoms with Gasteiger partial charge in [-0.15, -0.1) is 0 Å². The van der Waals surface area contributed by atoms with Crippen LogP contribution in [0.25, 0.3) is 5.57 Å². The molecule has 0 spiro atoms. The fraction of sp³-hybridized carbons (Fsp3) is 0.150.